The van der Waals surface area contributed by atoms with Crippen LogP contribution in [0.1, 0.15) is 39.5 Å². The molecule has 0 aromatic carbocycles. The molecule has 1 saturated carbocycles. The third kappa shape index (κ3) is 1.86. The Morgan fingerprint density at radius 2 is 2.17 bits per heavy atom. The molecular weight excluding hydrogens is 228 g/mol. The van der Waals surface area contributed by atoms with Gasteiger partial charge in [0.2, 0.25) is 5.91 Å². The van der Waals surface area contributed by atoms with Gasteiger partial charge < -0.3 is 15.4 Å². The Morgan fingerprint density at radius 3 is 2.94 bits per heavy atom. The number of amides is 1. The molecular formula is C14H24N2O2. The van der Waals surface area contributed by atoms with Gasteiger partial charge in [0, 0.05) is 30.5 Å². The molecule has 0 aromatic rings. The van der Waals surface area contributed by atoms with Crippen LogP contribution in [0.2, 0.25) is 0 Å². The van der Waals surface area contributed by atoms with E-state index < -0.39 is 0 Å². The van der Waals surface area contributed by atoms with Crippen LogP contribution < -0.4 is 10.6 Å². The second-order valence-corrected chi connectivity index (χ2v) is 6.55. The van der Waals surface area contributed by atoms with Crippen molar-refractivity contribution in [1.82, 2.24) is 10.6 Å². The molecule has 4 nitrogen and oxygen atoms in total. The van der Waals surface area contributed by atoms with Crippen LogP contribution >= 0.6 is 0 Å². The van der Waals surface area contributed by atoms with Crippen molar-refractivity contribution in [2.24, 2.45) is 11.3 Å². The number of hydrogen-bond donors (Lipinski definition) is 2. The van der Waals surface area contributed by atoms with E-state index in [1.807, 2.05) is 0 Å². The molecule has 0 aromatic heterocycles. The summed E-state index contributed by atoms with van der Waals surface area (Å²) in [5.74, 6) is 0.778. The van der Waals surface area contributed by atoms with Gasteiger partial charge in [0.25, 0.3) is 0 Å². The molecule has 2 aliphatic heterocycles. The van der Waals surface area contributed by atoms with Crippen molar-refractivity contribution in [1.29, 1.82) is 0 Å². The summed E-state index contributed by atoms with van der Waals surface area (Å²) in [6.45, 7) is 6.26. The molecule has 18 heavy (non-hydrogen) atoms. The molecule has 0 bridgehead atoms. The Labute approximate surface area is 109 Å². The average molecular weight is 252 g/mol. The monoisotopic (exact) mass is 252 g/mol. The Hall–Kier alpha value is -0.610. The number of hydrogen-bond acceptors (Lipinski definition) is 3. The number of fused-ring (bicyclic) bond motifs is 1. The lowest BCUT2D eigenvalue weighted by molar-refractivity contribution is -0.195. The smallest absolute Gasteiger partial charge is 0.237 e. The van der Waals surface area contributed by atoms with Gasteiger partial charge in [-0.05, 0) is 25.7 Å². The summed E-state index contributed by atoms with van der Waals surface area (Å²) < 4.78 is 5.90. The summed E-state index contributed by atoms with van der Waals surface area (Å²) in [7, 11) is 0. The van der Waals surface area contributed by atoms with Crippen LogP contribution in [0.25, 0.3) is 0 Å². The van der Waals surface area contributed by atoms with Crippen LogP contribution in [0.4, 0.5) is 0 Å². The van der Waals surface area contributed by atoms with Crippen molar-refractivity contribution in [3.63, 3.8) is 0 Å². The summed E-state index contributed by atoms with van der Waals surface area (Å²) in [6, 6.07) is 0.433. The quantitative estimate of drug-likeness (QED) is 0.772. The molecule has 4 unspecified atom stereocenters. The number of piperidine rings is 1. The zero-order valence-corrected chi connectivity index (χ0v) is 11.4. The van der Waals surface area contributed by atoms with Gasteiger partial charge in [-0.3, -0.25) is 4.79 Å². The minimum Gasteiger partial charge on any atom is -0.377 e. The predicted molar refractivity (Wildman–Crippen MR) is 69.2 cm³/mol. The predicted octanol–water partition coefficient (Wildman–Crippen LogP) is 1.06. The first-order valence-electron chi connectivity index (χ1n) is 7.26. The van der Waals surface area contributed by atoms with Gasteiger partial charge in [-0.2, -0.15) is 0 Å². The fourth-order valence-corrected chi connectivity index (χ4v) is 4.01. The first kappa shape index (κ1) is 12.4. The molecule has 2 N–H and O–H groups in total. The minimum atomic E-state index is 0.00546. The highest BCUT2D eigenvalue weighted by Gasteiger charge is 2.58. The lowest BCUT2D eigenvalue weighted by Crippen LogP contribution is -2.71. The second kappa shape index (κ2) is 4.49. The summed E-state index contributed by atoms with van der Waals surface area (Å²) >= 11 is 0. The van der Waals surface area contributed by atoms with E-state index in [-0.39, 0.29) is 17.4 Å². The summed E-state index contributed by atoms with van der Waals surface area (Å²) in [6.07, 6.45) is 4.83. The maximum absolute atomic E-state index is 11.8. The molecule has 3 fully saturated rings. The van der Waals surface area contributed by atoms with E-state index in [0.29, 0.717) is 18.1 Å². The summed E-state index contributed by atoms with van der Waals surface area (Å²) in [4.78, 5) is 11.8. The number of carbonyl (C=O) groups excluding carboxylic acids is 1. The molecule has 0 spiro atoms. The largest absolute Gasteiger partial charge is 0.377 e. The standard InChI is InChI=1S/C14H24N2O2/c1-14(2)11(9-5-4-8-18-12(9)14)16-10-6-3-7-15-13(10)17/h9-12,16H,3-8H2,1-2H3,(H,15,17). The highest BCUT2D eigenvalue weighted by Crippen LogP contribution is 2.51. The van der Waals surface area contributed by atoms with Gasteiger partial charge in [0.15, 0.2) is 0 Å². The van der Waals surface area contributed by atoms with Gasteiger partial charge in [0.05, 0.1) is 12.1 Å². The van der Waals surface area contributed by atoms with Gasteiger partial charge >= 0.3 is 0 Å². The van der Waals surface area contributed by atoms with E-state index in [1.165, 1.54) is 6.42 Å². The average Bonchev–Trinajstić information content (AvgIpc) is 2.38. The third-order valence-electron chi connectivity index (χ3n) is 5.00. The van der Waals surface area contributed by atoms with Crippen molar-refractivity contribution < 1.29 is 9.53 Å². The van der Waals surface area contributed by atoms with Gasteiger partial charge in [0.1, 0.15) is 0 Å². The van der Waals surface area contributed by atoms with E-state index in [4.69, 9.17) is 4.74 Å². The molecule has 1 aliphatic carbocycles. The lowest BCUT2D eigenvalue weighted by Gasteiger charge is -2.60. The van der Waals surface area contributed by atoms with E-state index in [1.54, 1.807) is 0 Å². The van der Waals surface area contributed by atoms with Crippen molar-refractivity contribution in [3.8, 4) is 0 Å². The van der Waals surface area contributed by atoms with Gasteiger partial charge in [-0.15, -0.1) is 0 Å². The Bertz CT molecular complexity index is 343. The van der Waals surface area contributed by atoms with Crippen molar-refractivity contribution in [2.45, 2.75) is 57.7 Å². The van der Waals surface area contributed by atoms with Crippen molar-refractivity contribution in [2.75, 3.05) is 13.2 Å². The summed E-state index contributed by atoms with van der Waals surface area (Å²) in [5.41, 5.74) is 0.156. The highest BCUT2D eigenvalue weighted by molar-refractivity contribution is 5.82. The van der Waals surface area contributed by atoms with Gasteiger partial charge in [-0.1, -0.05) is 13.8 Å². The Kier molecular flexibility index (Phi) is 3.10. The molecule has 3 aliphatic rings. The van der Waals surface area contributed by atoms with Crippen LogP contribution in [-0.4, -0.2) is 37.2 Å². The molecule has 2 saturated heterocycles. The fourth-order valence-electron chi connectivity index (χ4n) is 4.01. The van der Waals surface area contributed by atoms with Crippen molar-refractivity contribution in [3.05, 3.63) is 0 Å². The van der Waals surface area contributed by atoms with Crippen molar-refractivity contribution >= 4 is 5.91 Å². The third-order valence-corrected chi connectivity index (χ3v) is 5.00. The molecule has 3 rings (SSSR count). The van der Waals surface area contributed by atoms with Gasteiger partial charge in [-0.25, -0.2) is 0 Å². The van der Waals surface area contributed by atoms with Crippen LogP contribution in [0.3, 0.4) is 0 Å². The first-order chi connectivity index (χ1) is 8.60. The van der Waals surface area contributed by atoms with Crippen LogP contribution in [0.15, 0.2) is 0 Å². The van der Waals surface area contributed by atoms with E-state index in [9.17, 15) is 4.79 Å². The maximum atomic E-state index is 11.8. The zero-order chi connectivity index (χ0) is 12.8. The highest BCUT2D eigenvalue weighted by atomic mass is 16.5. The second-order valence-electron chi connectivity index (χ2n) is 6.55. The van der Waals surface area contributed by atoms with E-state index in [2.05, 4.69) is 24.5 Å². The number of ether oxygens (including phenoxy) is 1. The number of rotatable bonds is 2. The molecule has 102 valence electrons. The van der Waals surface area contributed by atoms with E-state index in [0.717, 1.165) is 32.4 Å². The Balaban J connectivity index is 1.66. The van der Waals surface area contributed by atoms with Crippen LogP contribution in [0.5, 0.6) is 0 Å². The number of carbonyl (C=O) groups is 1. The normalized spacial score (nSPS) is 42.7. The molecule has 2 heterocycles. The fraction of sp³-hybridized carbons (Fsp3) is 0.929. The summed E-state index contributed by atoms with van der Waals surface area (Å²) in [5, 5.41) is 6.55. The maximum Gasteiger partial charge on any atom is 0.237 e. The van der Waals surface area contributed by atoms with Crippen LogP contribution in [0, 0.1) is 11.3 Å². The minimum absolute atomic E-state index is 0.00546. The number of nitrogens with one attached hydrogen (secondary N) is 2. The lowest BCUT2D eigenvalue weighted by atomic mass is 9.55. The van der Waals surface area contributed by atoms with E-state index >= 15 is 0 Å². The Morgan fingerprint density at radius 1 is 1.33 bits per heavy atom. The molecule has 4 atom stereocenters. The zero-order valence-electron chi connectivity index (χ0n) is 11.4. The molecule has 0 radical (unpaired) electrons. The molecule has 4 heteroatoms. The first-order valence-corrected chi connectivity index (χ1v) is 7.26. The molecule has 1 amide bonds. The van der Waals surface area contributed by atoms with Crippen LogP contribution in [-0.2, 0) is 9.53 Å². The topological polar surface area (TPSA) is 50.4 Å². The SMILES string of the molecule is CC1(C)C(NC2CCCNC2=O)C2CCCOC21.